The number of hydrogen-bond donors (Lipinski definition) is 2. The number of aromatic nitrogens is 3. The van der Waals surface area contributed by atoms with Crippen molar-refractivity contribution < 1.29 is 5.11 Å². The van der Waals surface area contributed by atoms with Crippen LogP contribution in [0.15, 0.2) is 30.7 Å². The molecule has 1 unspecified atom stereocenters. The molecule has 2 heterocycles. The van der Waals surface area contributed by atoms with Crippen molar-refractivity contribution in [2.24, 2.45) is 12.5 Å². The molecule has 0 bridgehead atoms. The lowest BCUT2D eigenvalue weighted by atomic mass is 9.89. The molecule has 114 valence electrons. The van der Waals surface area contributed by atoms with Crippen LogP contribution < -0.4 is 5.32 Å². The summed E-state index contributed by atoms with van der Waals surface area (Å²) in [5, 5.41) is 17.9. The van der Waals surface area contributed by atoms with Crippen molar-refractivity contribution in [3.63, 3.8) is 0 Å². The van der Waals surface area contributed by atoms with Crippen molar-refractivity contribution >= 4 is 0 Å². The Morgan fingerprint density at radius 1 is 1.38 bits per heavy atom. The third-order valence-electron chi connectivity index (χ3n) is 3.49. The van der Waals surface area contributed by atoms with Crippen molar-refractivity contribution in [1.29, 1.82) is 0 Å². The highest BCUT2D eigenvalue weighted by atomic mass is 16.3. The van der Waals surface area contributed by atoms with Crippen molar-refractivity contribution in [2.75, 3.05) is 6.54 Å². The Balaban J connectivity index is 2.05. The summed E-state index contributed by atoms with van der Waals surface area (Å²) < 4.78 is 1.81. The van der Waals surface area contributed by atoms with E-state index in [2.05, 4.69) is 15.4 Å². The van der Waals surface area contributed by atoms with Gasteiger partial charge in [-0.2, -0.15) is 5.10 Å². The number of aliphatic hydroxyl groups is 1. The van der Waals surface area contributed by atoms with E-state index in [1.807, 2.05) is 52.3 Å². The number of rotatable bonds is 5. The maximum atomic E-state index is 10.1. The van der Waals surface area contributed by atoms with Gasteiger partial charge in [-0.3, -0.25) is 9.67 Å². The summed E-state index contributed by atoms with van der Waals surface area (Å²) in [6.07, 6.45) is 5.19. The van der Waals surface area contributed by atoms with E-state index in [4.69, 9.17) is 0 Å². The molecular formula is C16H24N4O. The van der Waals surface area contributed by atoms with Gasteiger partial charge in [0, 0.05) is 49.9 Å². The number of nitrogens with zero attached hydrogens (tertiary/aromatic N) is 3. The van der Waals surface area contributed by atoms with Crippen LogP contribution >= 0.6 is 0 Å². The minimum Gasteiger partial charge on any atom is -0.391 e. The van der Waals surface area contributed by atoms with Crippen LogP contribution in [0.3, 0.4) is 0 Å². The van der Waals surface area contributed by atoms with Crippen molar-refractivity contribution in [3.05, 3.63) is 36.3 Å². The molecule has 5 heteroatoms. The lowest BCUT2D eigenvalue weighted by Crippen LogP contribution is -2.36. The highest BCUT2D eigenvalue weighted by Gasteiger charge is 2.21. The van der Waals surface area contributed by atoms with E-state index < -0.39 is 0 Å². The second kappa shape index (κ2) is 6.37. The number of aliphatic hydroxyl groups excluding tert-OH is 1. The molecule has 5 nitrogen and oxygen atoms in total. The van der Waals surface area contributed by atoms with Crippen LogP contribution in [0.4, 0.5) is 0 Å². The van der Waals surface area contributed by atoms with Crippen LogP contribution in [-0.4, -0.2) is 32.5 Å². The zero-order valence-electron chi connectivity index (χ0n) is 13.2. The Labute approximate surface area is 126 Å². The molecule has 21 heavy (non-hydrogen) atoms. The molecule has 0 saturated carbocycles. The monoisotopic (exact) mass is 288 g/mol. The molecule has 1 atom stereocenters. The first-order valence-corrected chi connectivity index (χ1v) is 7.19. The van der Waals surface area contributed by atoms with Gasteiger partial charge in [-0.25, -0.2) is 0 Å². The average molecular weight is 288 g/mol. The summed E-state index contributed by atoms with van der Waals surface area (Å²) in [6, 6.07) is 3.91. The molecule has 2 rings (SSSR count). The fourth-order valence-corrected chi connectivity index (χ4v) is 2.06. The first-order chi connectivity index (χ1) is 9.88. The third-order valence-corrected chi connectivity index (χ3v) is 3.49. The van der Waals surface area contributed by atoms with Gasteiger partial charge in [-0.1, -0.05) is 20.8 Å². The molecule has 0 aliphatic carbocycles. The molecule has 0 amide bonds. The summed E-state index contributed by atoms with van der Waals surface area (Å²) in [5.41, 5.74) is 2.93. The Kier molecular flexibility index (Phi) is 4.75. The summed E-state index contributed by atoms with van der Waals surface area (Å²) in [5.74, 6) is 0. The standard InChI is InChI=1S/C16H24N4O/c1-16(2,3)14(21)10-18-9-13-11-20(4)19-15(13)12-6-5-7-17-8-12/h5-8,11,14,18,21H,9-10H2,1-4H3. The lowest BCUT2D eigenvalue weighted by molar-refractivity contribution is 0.0628. The van der Waals surface area contributed by atoms with Crippen molar-refractivity contribution in [1.82, 2.24) is 20.1 Å². The van der Waals surface area contributed by atoms with Gasteiger partial charge in [-0.05, 0) is 17.5 Å². The van der Waals surface area contributed by atoms with Gasteiger partial charge in [0.15, 0.2) is 0 Å². The molecule has 2 N–H and O–H groups in total. The normalized spacial score (nSPS) is 13.4. The van der Waals surface area contributed by atoms with E-state index in [9.17, 15) is 5.11 Å². The second-order valence-corrected chi connectivity index (χ2v) is 6.43. The molecular weight excluding hydrogens is 264 g/mol. The van der Waals surface area contributed by atoms with Gasteiger partial charge in [-0.15, -0.1) is 0 Å². The number of aryl methyl sites for hydroxylation is 1. The van der Waals surface area contributed by atoms with E-state index in [-0.39, 0.29) is 11.5 Å². The molecule has 0 aromatic carbocycles. The zero-order chi connectivity index (χ0) is 15.5. The highest BCUT2D eigenvalue weighted by molar-refractivity contribution is 5.61. The van der Waals surface area contributed by atoms with E-state index in [0.717, 1.165) is 16.8 Å². The Morgan fingerprint density at radius 2 is 2.14 bits per heavy atom. The van der Waals surface area contributed by atoms with Gasteiger partial charge in [0.25, 0.3) is 0 Å². The van der Waals surface area contributed by atoms with Crippen LogP contribution in [0, 0.1) is 5.41 Å². The molecule has 0 saturated heterocycles. The predicted octanol–water partition coefficient (Wildman–Crippen LogP) is 1.98. The number of nitrogens with one attached hydrogen (secondary N) is 1. The molecule has 0 spiro atoms. The van der Waals surface area contributed by atoms with Crippen LogP contribution in [0.25, 0.3) is 11.3 Å². The molecule has 0 radical (unpaired) electrons. The first-order valence-electron chi connectivity index (χ1n) is 7.19. The fourth-order valence-electron chi connectivity index (χ4n) is 2.06. The second-order valence-electron chi connectivity index (χ2n) is 6.43. The van der Waals surface area contributed by atoms with E-state index in [1.165, 1.54) is 0 Å². The predicted molar refractivity (Wildman–Crippen MR) is 83.6 cm³/mol. The topological polar surface area (TPSA) is 63.0 Å². The Bertz CT molecular complexity index is 572. The van der Waals surface area contributed by atoms with Crippen LogP contribution in [0.2, 0.25) is 0 Å². The number of pyridine rings is 1. The van der Waals surface area contributed by atoms with Gasteiger partial charge >= 0.3 is 0 Å². The van der Waals surface area contributed by atoms with Gasteiger partial charge in [0.2, 0.25) is 0 Å². The van der Waals surface area contributed by atoms with Gasteiger partial charge < -0.3 is 10.4 Å². The quantitative estimate of drug-likeness (QED) is 0.883. The minimum atomic E-state index is -0.379. The molecule has 0 aliphatic rings. The molecule has 0 aliphatic heterocycles. The zero-order valence-corrected chi connectivity index (χ0v) is 13.2. The summed E-state index contributed by atoms with van der Waals surface area (Å²) in [4.78, 5) is 4.14. The van der Waals surface area contributed by atoms with Crippen molar-refractivity contribution in [2.45, 2.75) is 33.4 Å². The fraction of sp³-hybridized carbons (Fsp3) is 0.500. The van der Waals surface area contributed by atoms with Crippen LogP contribution in [-0.2, 0) is 13.6 Å². The maximum Gasteiger partial charge on any atom is 0.0983 e. The maximum absolute atomic E-state index is 10.1. The number of hydrogen-bond acceptors (Lipinski definition) is 4. The minimum absolute atomic E-state index is 0.117. The summed E-state index contributed by atoms with van der Waals surface area (Å²) >= 11 is 0. The highest BCUT2D eigenvalue weighted by Crippen LogP contribution is 2.21. The van der Waals surface area contributed by atoms with Crippen molar-refractivity contribution in [3.8, 4) is 11.3 Å². The smallest absolute Gasteiger partial charge is 0.0983 e. The summed E-state index contributed by atoms with van der Waals surface area (Å²) in [7, 11) is 1.91. The lowest BCUT2D eigenvalue weighted by Gasteiger charge is -2.26. The van der Waals surface area contributed by atoms with Gasteiger partial charge in [0.1, 0.15) is 0 Å². The van der Waals surface area contributed by atoms with E-state index >= 15 is 0 Å². The van der Waals surface area contributed by atoms with E-state index in [1.54, 1.807) is 10.9 Å². The largest absolute Gasteiger partial charge is 0.391 e. The Morgan fingerprint density at radius 3 is 2.76 bits per heavy atom. The van der Waals surface area contributed by atoms with Gasteiger partial charge in [0.05, 0.1) is 11.8 Å². The third kappa shape index (κ3) is 4.12. The molecule has 0 fully saturated rings. The first kappa shape index (κ1) is 15.7. The Hall–Kier alpha value is -1.72. The molecule has 2 aromatic rings. The van der Waals surface area contributed by atoms with E-state index in [0.29, 0.717) is 13.1 Å². The SMILES string of the molecule is Cn1cc(CNCC(O)C(C)(C)C)c(-c2cccnc2)n1. The van der Waals surface area contributed by atoms with Crippen LogP contribution in [0.5, 0.6) is 0 Å². The molecule has 2 aromatic heterocycles. The summed E-state index contributed by atoms with van der Waals surface area (Å²) in [6.45, 7) is 7.33. The average Bonchev–Trinajstić information content (AvgIpc) is 2.80. The van der Waals surface area contributed by atoms with Crippen LogP contribution in [0.1, 0.15) is 26.3 Å².